The van der Waals surface area contributed by atoms with Crippen LogP contribution in [0.5, 0.6) is 28.7 Å². The van der Waals surface area contributed by atoms with Crippen LogP contribution in [-0.4, -0.2) is 61.4 Å². The van der Waals surface area contributed by atoms with Gasteiger partial charge in [-0.2, -0.15) is 43.2 Å². The van der Waals surface area contributed by atoms with Crippen LogP contribution in [0.2, 0.25) is 0 Å². The Hall–Kier alpha value is -3.12. The molecule has 2 aromatic rings. The summed E-state index contributed by atoms with van der Waals surface area (Å²) >= 11 is 0. The van der Waals surface area contributed by atoms with Gasteiger partial charge in [0.25, 0.3) is 0 Å². The standard InChI is InChI=1S/C18H30O2.C17H28O3.C2F6O5S2/c1-7-8-9-10-11-18(3,4)15-12-16(19-5)14(2)17(13-15)20-6;1-6-7-8-9-10-17(2,3)13-11-14(19-4)16(18)15(12-13)20-5;3-1(4,5)14(9,10)13-15(11,12)2(6,7)8/h12-13H,7-11H2,1-6H3;11-12,18H,6-10H2,1-5H3;. The van der Waals surface area contributed by atoms with E-state index in [1.165, 1.54) is 63.4 Å². The summed E-state index contributed by atoms with van der Waals surface area (Å²) in [6.45, 7) is 15.6. The topological polar surface area (TPSA) is 135 Å². The minimum absolute atomic E-state index is 0.0437. The van der Waals surface area contributed by atoms with Gasteiger partial charge in [-0.15, -0.1) is 3.63 Å². The van der Waals surface area contributed by atoms with E-state index in [1.807, 2.05) is 22.7 Å². The molecule has 0 saturated heterocycles. The van der Waals surface area contributed by atoms with Gasteiger partial charge in [0.2, 0.25) is 5.75 Å². The van der Waals surface area contributed by atoms with E-state index in [4.69, 9.17) is 18.9 Å². The van der Waals surface area contributed by atoms with Crippen LogP contribution >= 0.6 is 0 Å². The summed E-state index contributed by atoms with van der Waals surface area (Å²) in [5, 5.41) is 9.98. The minimum Gasteiger partial charge on any atom is -0.502 e. The third-order valence-corrected chi connectivity index (χ3v) is 11.4. The van der Waals surface area contributed by atoms with Crippen molar-refractivity contribution in [3.05, 3.63) is 41.0 Å². The zero-order valence-electron chi connectivity index (χ0n) is 33.6. The lowest BCUT2D eigenvalue weighted by atomic mass is 9.79. The first-order chi connectivity index (χ1) is 25.1. The number of rotatable bonds is 18. The van der Waals surface area contributed by atoms with Crippen molar-refractivity contribution >= 4 is 20.2 Å². The second-order valence-corrected chi connectivity index (χ2v) is 17.3. The number of alkyl halides is 6. The van der Waals surface area contributed by atoms with E-state index in [0.717, 1.165) is 29.0 Å². The average molecular weight is 841 g/mol. The molecule has 0 radical (unpaired) electrons. The van der Waals surface area contributed by atoms with Crippen molar-refractivity contribution in [1.29, 1.82) is 0 Å². The average Bonchev–Trinajstić information content (AvgIpc) is 3.07. The quantitative estimate of drug-likeness (QED) is 0.0878. The van der Waals surface area contributed by atoms with Gasteiger partial charge in [0, 0.05) is 5.56 Å². The molecule has 0 aromatic heterocycles. The molecular formula is C37H58F6O10S2. The van der Waals surface area contributed by atoms with E-state index in [2.05, 4.69) is 53.7 Å². The number of methoxy groups -OCH3 is 4. The summed E-state index contributed by atoms with van der Waals surface area (Å²) < 4.78 is 131. The molecule has 0 aliphatic rings. The molecule has 2 aromatic carbocycles. The summed E-state index contributed by atoms with van der Waals surface area (Å²) in [6.07, 6.45) is 12.5. The summed E-state index contributed by atoms with van der Waals surface area (Å²) in [6, 6.07) is 8.16. The van der Waals surface area contributed by atoms with Crippen LogP contribution in [0.15, 0.2) is 24.3 Å². The number of benzene rings is 2. The molecule has 320 valence electrons. The van der Waals surface area contributed by atoms with Crippen LogP contribution in [0.3, 0.4) is 0 Å². The maximum Gasteiger partial charge on any atom is 0.524 e. The van der Waals surface area contributed by atoms with E-state index < -0.39 is 31.3 Å². The molecule has 2 rings (SSSR count). The highest BCUT2D eigenvalue weighted by molar-refractivity contribution is 8.00. The van der Waals surface area contributed by atoms with Crippen molar-refractivity contribution in [2.75, 3.05) is 28.4 Å². The van der Waals surface area contributed by atoms with E-state index in [1.54, 1.807) is 28.4 Å². The Bertz CT molecular complexity index is 1520. The molecule has 0 heterocycles. The predicted molar refractivity (Wildman–Crippen MR) is 200 cm³/mol. The number of hydrogen-bond acceptors (Lipinski definition) is 10. The third-order valence-electron chi connectivity index (χ3n) is 8.85. The summed E-state index contributed by atoms with van der Waals surface area (Å²) in [4.78, 5) is 0. The van der Waals surface area contributed by atoms with E-state index >= 15 is 0 Å². The number of phenolic OH excluding ortho intramolecular Hbond substituents is 1. The molecule has 0 bridgehead atoms. The Kier molecular flexibility index (Phi) is 20.7. The van der Waals surface area contributed by atoms with Gasteiger partial charge in [-0.25, -0.2) is 0 Å². The van der Waals surface area contributed by atoms with Gasteiger partial charge in [0.1, 0.15) is 11.5 Å². The Labute approximate surface area is 323 Å². The predicted octanol–water partition coefficient (Wildman–Crippen LogP) is 10.6. The third kappa shape index (κ3) is 16.1. The van der Waals surface area contributed by atoms with Gasteiger partial charge in [0.15, 0.2) is 11.5 Å². The molecule has 55 heavy (non-hydrogen) atoms. The highest BCUT2D eigenvalue weighted by Gasteiger charge is 2.57. The van der Waals surface area contributed by atoms with Crippen molar-refractivity contribution in [2.24, 2.45) is 0 Å². The molecule has 0 amide bonds. The molecule has 18 heteroatoms. The van der Waals surface area contributed by atoms with E-state index in [-0.39, 0.29) is 16.6 Å². The molecule has 0 aliphatic heterocycles. The first-order valence-corrected chi connectivity index (χ1v) is 20.5. The number of hydrogen-bond donors (Lipinski definition) is 1. The molecule has 0 spiro atoms. The Morgan fingerprint density at radius 1 is 0.545 bits per heavy atom. The van der Waals surface area contributed by atoms with Crippen LogP contribution in [0.1, 0.15) is 122 Å². The minimum atomic E-state index is -6.85. The fourth-order valence-electron chi connectivity index (χ4n) is 5.23. The maximum absolute atomic E-state index is 11.4. The molecule has 0 aliphatic carbocycles. The number of phenols is 1. The first kappa shape index (κ1) is 51.9. The number of unbranched alkanes of at least 4 members (excludes halogenated alkanes) is 6. The van der Waals surface area contributed by atoms with Crippen LogP contribution in [0.25, 0.3) is 0 Å². The highest BCUT2D eigenvalue weighted by atomic mass is 32.3. The lowest BCUT2D eigenvalue weighted by Gasteiger charge is -2.27. The zero-order chi connectivity index (χ0) is 43.1. The van der Waals surface area contributed by atoms with Crippen molar-refractivity contribution in [3.63, 3.8) is 0 Å². The van der Waals surface area contributed by atoms with Crippen molar-refractivity contribution in [1.82, 2.24) is 0 Å². The molecule has 0 atom stereocenters. The zero-order valence-corrected chi connectivity index (χ0v) is 35.2. The summed E-state index contributed by atoms with van der Waals surface area (Å²) in [5.41, 5.74) is -8.81. The Balaban J connectivity index is 0.000000806. The SMILES string of the molecule is CCCCCCC(C)(C)c1cc(OC)c(C)c(OC)c1.CCCCCCC(C)(C)c1cc(OC)c(O)c(OC)c1.O=S(=O)(OS(=O)(=O)C(F)(F)F)C(F)(F)F. The smallest absolute Gasteiger partial charge is 0.502 e. The van der Waals surface area contributed by atoms with Crippen molar-refractivity contribution in [2.45, 2.75) is 135 Å². The van der Waals surface area contributed by atoms with Gasteiger partial charge in [-0.05, 0) is 66.0 Å². The number of ether oxygens (including phenoxy) is 4. The molecule has 0 fully saturated rings. The van der Waals surface area contributed by atoms with Crippen LogP contribution < -0.4 is 18.9 Å². The molecular weight excluding hydrogens is 783 g/mol. The Morgan fingerprint density at radius 3 is 1.09 bits per heavy atom. The second kappa shape index (κ2) is 22.0. The summed E-state index contributed by atoms with van der Waals surface area (Å²) in [5.74, 6) is 2.85. The Morgan fingerprint density at radius 2 is 0.836 bits per heavy atom. The fourth-order valence-corrected chi connectivity index (χ4v) is 6.79. The largest absolute Gasteiger partial charge is 0.524 e. The van der Waals surface area contributed by atoms with Gasteiger partial charge >= 0.3 is 31.3 Å². The van der Waals surface area contributed by atoms with Crippen molar-refractivity contribution < 1.29 is 70.9 Å². The van der Waals surface area contributed by atoms with E-state index in [0.29, 0.717) is 11.5 Å². The van der Waals surface area contributed by atoms with Gasteiger partial charge < -0.3 is 24.1 Å². The second-order valence-electron chi connectivity index (χ2n) is 14.0. The number of halogens is 6. The fraction of sp³-hybridized carbons (Fsp3) is 0.676. The van der Waals surface area contributed by atoms with Crippen LogP contribution in [-0.2, 0) is 34.7 Å². The summed E-state index contributed by atoms with van der Waals surface area (Å²) in [7, 11) is -7.12. The molecule has 1 N–H and O–H groups in total. The molecule has 0 unspecified atom stereocenters. The maximum atomic E-state index is 11.4. The van der Waals surface area contributed by atoms with Gasteiger partial charge in [0.05, 0.1) is 28.4 Å². The van der Waals surface area contributed by atoms with E-state index in [9.17, 15) is 48.3 Å². The van der Waals surface area contributed by atoms with Gasteiger partial charge in [-0.1, -0.05) is 92.9 Å². The van der Waals surface area contributed by atoms with Crippen LogP contribution in [0, 0.1) is 6.92 Å². The number of aromatic hydroxyl groups is 1. The lowest BCUT2D eigenvalue weighted by Crippen LogP contribution is -2.34. The highest BCUT2D eigenvalue weighted by Crippen LogP contribution is 2.42. The molecule has 10 nitrogen and oxygen atoms in total. The lowest BCUT2D eigenvalue weighted by molar-refractivity contribution is -0.0585. The normalized spacial score (nSPS) is 12.5. The van der Waals surface area contributed by atoms with Gasteiger partial charge in [-0.3, -0.25) is 0 Å². The van der Waals surface area contributed by atoms with Crippen LogP contribution in [0.4, 0.5) is 26.3 Å². The molecule has 0 saturated carbocycles. The first-order valence-electron chi connectivity index (χ1n) is 17.6. The van der Waals surface area contributed by atoms with Crippen molar-refractivity contribution in [3.8, 4) is 28.7 Å². The monoisotopic (exact) mass is 840 g/mol.